The van der Waals surface area contributed by atoms with E-state index in [0.29, 0.717) is 30.3 Å². The quantitative estimate of drug-likeness (QED) is 0.345. The van der Waals surface area contributed by atoms with Gasteiger partial charge in [0, 0.05) is 25.0 Å². The molecule has 9 heteroatoms. The molecule has 0 bridgehead atoms. The molecule has 0 saturated heterocycles. The molecule has 8 nitrogen and oxygen atoms in total. The van der Waals surface area contributed by atoms with E-state index >= 15 is 0 Å². The second kappa shape index (κ2) is 11.6. The van der Waals surface area contributed by atoms with Crippen LogP contribution in [-0.2, 0) is 13.0 Å². The molecule has 1 aliphatic heterocycles. The minimum absolute atomic E-state index is 0.139. The Bertz CT molecular complexity index is 1380. The van der Waals surface area contributed by atoms with Gasteiger partial charge in [-0.25, -0.2) is 4.98 Å². The number of nitrogens with one attached hydrogen (secondary N) is 1. The van der Waals surface area contributed by atoms with Crippen LogP contribution in [0.1, 0.15) is 48.8 Å². The predicted octanol–water partition coefficient (Wildman–Crippen LogP) is 4.39. The fourth-order valence-electron chi connectivity index (χ4n) is 4.55. The maximum Gasteiger partial charge on any atom is 0.290 e. The number of nitrogens with zero attached hydrogens (tertiary/aromatic N) is 3. The monoisotopic (exact) mass is 530 g/mol. The molecule has 0 aliphatic carbocycles. The zero-order valence-electron chi connectivity index (χ0n) is 21.4. The lowest BCUT2D eigenvalue weighted by atomic mass is 9.87. The van der Waals surface area contributed by atoms with Crippen LogP contribution in [-0.4, -0.2) is 60.3 Å². The van der Waals surface area contributed by atoms with E-state index < -0.39 is 0 Å². The molecule has 1 N–H and O–H groups in total. The fourth-order valence-corrected chi connectivity index (χ4v) is 5.23. The maximum atomic E-state index is 13.4. The first-order valence-corrected chi connectivity index (χ1v) is 13.4. The van der Waals surface area contributed by atoms with Crippen molar-refractivity contribution in [2.75, 3.05) is 33.7 Å². The first kappa shape index (κ1) is 25.7. The Morgan fingerprint density at radius 2 is 2.00 bits per heavy atom. The minimum Gasteiger partial charge on any atom is -0.486 e. The molecule has 0 fully saturated rings. The molecule has 2 aromatic heterocycles. The van der Waals surface area contributed by atoms with Gasteiger partial charge in [0.05, 0.1) is 12.3 Å². The van der Waals surface area contributed by atoms with Gasteiger partial charge in [-0.05, 0) is 61.5 Å². The van der Waals surface area contributed by atoms with Crippen LogP contribution in [0.4, 0.5) is 0 Å². The summed E-state index contributed by atoms with van der Waals surface area (Å²) in [5, 5.41) is 5.35. The highest BCUT2D eigenvalue weighted by atomic mass is 32.1. The molecule has 1 aliphatic rings. The van der Waals surface area contributed by atoms with Crippen molar-refractivity contribution in [2.24, 2.45) is 0 Å². The highest BCUT2D eigenvalue weighted by Gasteiger charge is 2.34. The first-order chi connectivity index (χ1) is 18.5. The molecule has 4 aromatic rings. The number of thiazole rings is 1. The third-order valence-corrected chi connectivity index (χ3v) is 7.27. The number of fused-ring (bicyclic) bond motifs is 1. The van der Waals surface area contributed by atoms with E-state index in [1.807, 2.05) is 66.4 Å². The van der Waals surface area contributed by atoms with Crippen molar-refractivity contribution in [2.45, 2.75) is 19.1 Å². The van der Waals surface area contributed by atoms with Crippen LogP contribution in [0.25, 0.3) is 0 Å². The van der Waals surface area contributed by atoms with Gasteiger partial charge in [0.2, 0.25) is 0 Å². The number of carbonyl (C=O) groups is 2. The van der Waals surface area contributed by atoms with Crippen LogP contribution in [0, 0.1) is 0 Å². The van der Waals surface area contributed by atoms with E-state index in [2.05, 4.69) is 16.4 Å². The van der Waals surface area contributed by atoms with Crippen molar-refractivity contribution in [3.05, 3.63) is 105 Å². The summed E-state index contributed by atoms with van der Waals surface area (Å²) in [4.78, 5) is 34.0. The van der Waals surface area contributed by atoms with Crippen LogP contribution in [0.5, 0.6) is 5.75 Å². The molecule has 2 amide bonds. The fraction of sp³-hybridized carbons (Fsp3) is 0.276. The van der Waals surface area contributed by atoms with Gasteiger partial charge in [-0.3, -0.25) is 9.59 Å². The molecule has 38 heavy (non-hydrogen) atoms. The summed E-state index contributed by atoms with van der Waals surface area (Å²) in [6.45, 7) is 2.16. The zero-order chi connectivity index (χ0) is 26.5. The average molecular weight is 531 g/mol. The summed E-state index contributed by atoms with van der Waals surface area (Å²) in [7, 11) is 3.92. The number of benzene rings is 2. The Kier molecular flexibility index (Phi) is 7.86. The third kappa shape index (κ3) is 5.79. The lowest BCUT2D eigenvalue weighted by Crippen LogP contribution is -2.40. The van der Waals surface area contributed by atoms with Gasteiger partial charge >= 0.3 is 0 Å². The molecule has 1 atom stereocenters. The number of carbonyl (C=O) groups excluding carboxylic acids is 2. The first-order valence-electron chi connectivity index (χ1n) is 12.5. The van der Waals surface area contributed by atoms with E-state index in [-0.39, 0.29) is 24.5 Å². The molecule has 2 aromatic carbocycles. The van der Waals surface area contributed by atoms with E-state index in [0.717, 1.165) is 29.1 Å². The van der Waals surface area contributed by atoms with Gasteiger partial charge in [0.25, 0.3) is 11.8 Å². The number of likely N-dealkylation sites (N-methyl/N-ethyl adjacent to an activating group) is 1. The van der Waals surface area contributed by atoms with E-state index in [1.165, 1.54) is 23.2 Å². The van der Waals surface area contributed by atoms with Crippen LogP contribution < -0.4 is 10.1 Å². The molecule has 0 spiro atoms. The van der Waals surface area contributed by atoms with E-state index in [9.17, 15) is 9.59 Å². The number of amides is 2. The molecular weight excluding hydrogens is 500 g/mol. The summed E-state index contributed by atoms with van der Waals surface area (Å²) in [6.07, 6.45) is 2.26. The zero-order valence-corrected chi connectivity index (χ0v) is 22.2. The van der Waals surface area contributed by atoms with Gasteiger partial charge in [-0.1, -0.05) is 36.4 Å². The van der Waals surface area contributed by atoms with Gasteiger partial charge in [0.1, 0.15) is 23.1 Å². The van der Waals surface area contributed by atoms with Gasteiger partial charge in [-0.15, -0.1) is 11.3 Å². The van der Waals surface area contributed by atoms with Crippen molar-refractivity contribution in [1.29, 1.82) is 0 Å². The Hall–Kier alpha value is -3.95. The molecule has 5 rings (SSSR count). The molecular formula is C29H30N4O4S. The van der Waals surface area contributed by atoms with Crippen LogP contribution in [0.15, 0.2) is 76.7 Å². The largest absolute Gasteiger partial charge is 0.486 e. The molecule has 0 radical (unpaired) electrons. The lowest BCUT2D eigenvalue weighted by Gasteiger charge is -2.37. The summed E-state index contributed by atoms with van der Waals surface area (Å²) in [5.41, 5.74) is 3.63. The Balaban J connectivity index is 1.33. The van der Waals surface area contributed by atoms with E-state index in [1.54, 1.807) is 17.5 Å². The van der Waals surface area contributed by atoms with Crippen LogP contribution >= 0.6 is 11.3 Å². The Morgan fingerprint density at radius 1 is 1.16 bits per heavy atom. The second-order valence-electron chi connectivity index (χ2n) is 9.37. The summed E-state index contributed by atoms with van der Waals surface area (Å²) in [6, 6.07) is 19.2. The summed E-state index contributed by atoms with van der Waals surface area (Å²) < 4.78 is 11.5. The molecule has 3 heterocycles. The topological polar surface area (TPSA) is 87.9 Å². The van der Waals surface area contributed by atoms with Gasteiger partial charge < -0.3 is 24.3 Å². The van der Waals surface area contributed by atoms with Crippen LogP contribution in [0.3, 0.4) is 0 Å². The minimum atomic E-state index is -0.265. The van der Waals surface area contributed by atoms with Gasteiger partial charge in [0.15, 0.2) is 5.76 Å². The molecule has 196 valence electrons. The number of aromatic nitrogens is 1. The highest BCUT2D eigenvalue weighted by Crippen LogP contribution is 2.38. The van der Waals surface area contributed by atoms with Crippen molar-refractivity contribution in [3.63, 3.8) is 0 Å². The standard InChI is InChI=1S/C29H30N4O4S/c1-32(2)15-13-30-28(34)24-19-38-26(31-24)18-37-22-11-10-20-12-14-33(29(35)25-9-6-16-36-25)27(23(20)17-22)21-7-4-3-5-8-21/h3-11,16-17,19,27H,12-15,18H2,1-2H3,(H,30,34). The van der Waals surface area contributed by atoms with Crippen molar-refractivity contribution in [1.82, 2.24) is 20.1 Å². The number of hydrogen-bond acceptors (Lipinski definition) is 7. The maximum absolute atomic E-state index is 13.4. The number of hydrogen-bond donors (Lipinski definition) is 1. The highest BCUT2D eigenvalue weighted by molar-refractivity contribution is 7.09. The summed E-state index contributed by atoms with van der Waals surface area (Å²) >= 11 is 1.40. The predicted molar refractivity (Wildman–Crippen MR) is 146 cm³/mol. The molecule has 1 unspecified atom stereocenters. The van der Waals surface area contributed by atoms with Gasteiger partial charge in [-0.2, -0.15) is 0 Å². The SMILES string of the molecule is CN(C)CCNC(=O)c1csc(COc2ccc3c(c2)C(c2ccccc2)N(C(=O)c2ccco2)CC3)n1. The van der Waals surface area contributed by atoms with Crippen LogP contribution in [0.2, 0.25) is 0 Å². The third-order valence-electron chi connectivity index (χ3n) is 6.45. The van der Waals surface area contributed by atoms with Crippen molar-refractivity contribution in [3.8, 4) is 5.75 Å². The second-order valence-corrected chi connectivity index (χ2v) is 10.3. The summed E-state index contributed by atoms with van der Waals surface area (Å²) in [5.74, 6) is 0.687. The number of rotatable bonds is 9. The lowest BCUT2D eigenvalue weighted by molar-refractivity contribution is 0.0661. The van der Waals surface area contributed by atoms with E-state index in [4.69, 9.17) is 9.15 Å². The number of ether oxygens (including phenoxy) is 1. The Morgan fingerprint density at radius 3 is 2.76 bits per heavy atom. The van der Waals surface area contributed by atoms with Crippen molar-refractivity contribution < 1.29 is 18.7 Å². The Labute approximate surface area is 225 Å². The van der Waals surface area contributed by atoms with Crippen molar-refractivity contribution >= 4 is 23.2 Å². The average Bonchev–Trinajstić information content (AvgIpc) is 3.64. The molecule has 0 saturated carbocycles. The number of furan rings is 1. The normalized spacial score (nSPS) is 14.8. The smallest absolute Gasteiger partial charge is 0.290 e.